The first-order valence-electron chi connectivity index (χ1n) is 23.1. The molecule has 16 nitrogen and oxygen atoms in total. The van der Waals surface area contributed by atoms with E-state index in [-0.39, 0.29) is 30.2 Å². The molecule has 68 heavy (non-hydrogen) atoms. The van der Waals surface area contributed by atoms with Crippen LogP contribution in [0.15, 0.2) is 59.5 Å². The molecule has 6 heterocycles. The van der Waals surface area contributed by atoms with Gasteiger partial charge >= 0.3 is 0 Å². The molecule has 0 saturated carbocycles. The van der Waals surface area contributed by atoms with Crippen molar-refractivity contribution < 1.29 is 32.5 Å². The van der Waals surface area contributed by atoms with Crippen molar-refractivity contribution in [2.75, 3.05) is 93.2 Å². The van der Waals surface area contributed by atoms with E-state index in [9.17, 15) is 18.9 Å². The van der Waals surface area contributed by atoms with Crippen LogP contribution in [0, 0.1) is 17.6 Å². The fourth-order valence-corrected chi connectivity index (χ4v) is 11.9. The zero-order valence-electron chi connectivity index (χ0n) is 38.5. The topological polar surface area (TPSA) is 178 Å². The maximum atomic E-state index is 15.3. The standard InChI is InChI=1S/C48H55BrF2N11O5P/c1-5-28-22-38(56-48-54-26-33(49)45(58-48)55-37-8-7-36-43(53-14-13-52-36)44(37)68(3,4)66)40(67-2)25-39(28)60-16-11-30(12-17-60)59-18-20-61(21-19-59)47(65)29-10-15-62(27-29)31-23-34(50)42(35(51)24-31)32-6-9-41(63)57-46(32)64/h7-8,13-14,22-26,29-30,32H,5-6,9-12,15-21,27H2,1-4H3,(H,57,63,64)(H2,54,55,56,58). The number of hydrogen-bond acceptors (Lipinski definition) is 14. The van der Waals surface area contributed by atoms with Gasteiger partial charge in [0, 0.05) is 106 Å². The summed E-state index contributed by atoms with van der Waals surface area (Å²) in [6.07, 6.45) is 8.29. The Morgan fingerprint density at radius 3 is 2.31 bits per heavy atom. The number of nitrogens with one attached hydrogen (secondary N) is 3. The minimum atomic E-state index is -2.80. The minimum Gasteiger partial charge on any atom is -0.494 e. The summed E-state index contributed by atoms with van der Waals surface area (Å²) in [6.45, 7) is 11.0. The Kier molecular flexibility index (Phi) is 13.7. The maximum Gasteiger partial charge on any atom is 0.234 e. The molecule has 0 bridgehead atoms. The zero-order valence-corrected chi connectivity index (χ0v) is 41.0. The Labute approximate surface area is 402 Å². The molecule has 4 aliphatic rings. The lowest BCUT2D eigenvalue weighted by Crippen LogP contribution is -2.55. The number of aryl methyl sites for hydroxylation is 1. The molecular weight excluding hydrogens is 959 g/mol. The van der Waals surface area contributed by atoms with E-state index in [1.807, 2.05) is 21.9 Å². The lowest BCUT2D eigenvalue weighted by Gasteiger charge is -2.44. The second-order valence-electron chi connectivity index (χ2n) is 18.2. The first kappa shape index (κ1) is 47.3. The number of anilines is 6. The van der Waals surface area contributed by atoms with Gasteiger partial charge in [-0.05, 0) is 97.3 Å². The van der Waals surface area contributed by atoms with Crippen LogP contribution in [-0.4, -0.2) is 126 Å². The Balaban J connectivity index is 0.793. The van der Waals surface area contributed by atoms with Crippen LogP contribution in [-0.2, 0) is 25.4 Å². The van der Waals surface area contributed by atoms with Crippen molar-refractivity contribution in [2.45, 2.75) is 57.4 Å². The number of amides is 3. The molecule has 2 aromatic heterocycles. The number of fused-ring (bicyclic) bond motifs is 1. The number of carbonyl (C=O) groups is 3. The lowest BCUT2D eigenvalue weighted by atomic mass is 9.89. The van der Waals surface area contributed by atoms with Crippen molar-refractivity contribution in [3.05, 3.63) is 82.2 Å². The van der Waals surface area contributed by atoms with E-state index in [2.05, 4.69) is 75.7 Å². The van der Waals surface area contributed by atoms with Gasteiger partial charge in [0.1, 0.15) is 35.9 Å². The molecule has 5 aromatic rings. The Hall–Kier alpha value is -5.78. The number of aromatic nitrogens is 4. The van der Waals surface area contributed by atoms with Gasteiger partial charge in [-0.15, -0.1) is 0 Å². The number of hydrogen-bond donors (Lipinski definition) is 3. The average molecular weight is 1010 g/mol. The fraction of sp³-hybridized carbons (Fsp3) is 0.438. The number of ether oxygens (including phenoxy) is 1. The quantitative estimate of drug-likeness (QED) is 0.0866. The normalized spacial score (nSPS) is 19.7. The van der Waals surface area contributed by atoms with Crippen molar-refractivity contribution in [2.24, 2.45) is 5.92 Å². The molecule has 4 aliphatic heterocycles. The number of nitrogens with zero attached hydrogens (tertiary/aromatic N) is 8. The second kappa shape index (κ2) is 19.7. The number of benzene rings is 3. The minimum absolute atomic E-state index is 0.0253. The SMILES string of the molecule is CCc1cc(Nc2ncc(Br)c(Nc3ccc4nccnc4c3P(C)(C)=O)n2)c(OC)cc1N1CCC(N2CCN(C(=O)C3CCN(c4cc(F)c(C5CCC(=O)NC5=O)c(F)c4)C3)CC2)CC1. The Morgan fingerprint density at radius 2 is 1.62 bits per heavy atom. The molecule has 3 aromatic carbocycles. The highest BCUT2D eigenvalue weighted by Gasteiger charge is 2.37. The van der Waals surface area contributed by atoms with E-state index in [1.54, 1.807) is 39.0 Å². The summed E-state index contributed by atoms with van der Waals surface area (Å²) >= 11 is 3.58. The zero-order chi connectivity index (χ0) is 47.9. The van der Waals surface area contributed by atoms with Crippen LogP contribution in [0.25, 0.3) is 11.0 Å². The molecule has 2 atom stereocenters. The number of halogens is 3. The number of rotatable bonds is 12. The van der Waals surface area contributed by atoms with E-state index >= 15 is 8.78 Å². The third-order valence-electron chi connectivity index (χ3n) is 13.7. The van der Waals surface area contributed by atoms with E-state index in [0.29, 0.717) is 88.3 Å². The monoisotopic (exact) mass is 1010 g/mol. The van der Waals surface area contributed by atoms with Gasteiger partial charge in [-0.3, -0.25) is 34.6 Å². The summed E-state index contributed by atoms with van der Waals surface area (Å²) in [6, 6.07) is 10.7. The molecule has 9 rings (SSSR count). The highest BCUT2D eigenvalue weighted by molar-refractivity contribution is 9.10. The van der Waals surface area contributed by atoms with Crippen molar-refractivity contribution in [1.29, 1.82) is 0 Å². The molecule has 2 unspecified atom stereocenters. The molecule has 3 amide bonds. The third-order valence-corrected chi connectivity index (χ3v) is 15.8. The van der Waals surface area contributed by atoms with Crippen LogP contribution in [0.5, 0.6) is 5.75 Å². The Bertz CT molecular complexity index is 2800. The Morgan fingerprint density at radius 1 is 0.897 bits per heavy atom. The van der Waals surface area contributed by atoms with Gasteiger partial charge in [0.15, 0.2) is 0 Å². The summed E-state index contributed by atoms with van der Waals surface area (Å²) < 4.78 is 50.7. The van der Waals surface area contributed by atoms with Gasteiger partial charge in [0.2, 0.25) is 23.7 Å². The van der Waals surface area contributed by atoms with Crippen LogP contribution in [0.2, 0.25) is 0 Å². The van der Waals surface area contributed by atoms with E-state index < -0.39 is 36.5 Å². The van der Waals surface area contributed by atoms with E-state index in [1.165, 1.54) is 12.1 Å². The highest BCUT2D eigenvalue weighted by atomic mass is 79.9. The van der Waals surface area contributed by atoms with Gasteiger partial charge in [-0.2, -0.15) is 4.98 Å². The van der Waals surface area contributed by atoms with Crippen molar-refractivity contribution >= 4 is 91.6 Å². The molecule has 358 valence electrons. The molecular formula is C48H55BrF2N11O5P. The van der Waals surface area contributed by atoms with Crippen LogP contribution < -0.4 is 35.8 Å². The smallest absolute Gasteiger partial charge is 0.234 e. The summed E-state index contributed by atoms with van der Waals surface area (Å²) in [5.41, 5.74) is 4.89. The number of carbonyl (C=O) groups excluding carboxylic acids is 3. The van der Waals surface area contributed by atoms with Gasteiger partial charge in [0.05, 0.1) is 45.6 Å². The molecule has 4 fully saturated rings. The first-order chi connectivity index (χ1) is 32.7. The van der Waals surface area contributed by atoms with Gasteiger partial charge < -0.3 is 34.6 Å². The molecule has 0 spiro atoms. The van der Waals surface area contributed by atoms with Crippen LogP contribution in [0.3, 0.4) is 0 Å². The number of piperidine rings is 2. The first-order valence-corrected chi connectivity index (χ1v) is 26.5. The second-order valence-corrected chi connectivity index (χ2v) is 22.3. The van der Waals surface area contributed by atoms with Crippen molar-refractivity contribution in [3.63, 3.8) is 0 Å². The third kappa shape index (κ3) is 9.74. The number of imide groups is 1. The van der Waals surface area contributed by atoms with E-state index in [0.717, 1.165) is 62.4 Å². The van der Waals surface area contributed by atoms with Gasteiger partial charge in [-0.25, -0.2) is 13.8 Å². The summed E-state index contributed by atoms with van der Waals surface area (Å²) in [5, 5.41) is 9.51. The molecule has 3 N–H and O–H groups in total. The number of piperazine rings is 1. The van der Waals surface area contributed by atoms with E-state index in [4.69, 9.17) is 9.72 Å². The largest absolute Gasteiger partial charge is 0.494 e. The lowest BCUT2D eigenvalue weighted by molar-refractivity contribution is -0.137. The predicted octanol–water partition coefficient (Wildman–Crippen LogP) is 6.93. The van der Waals surface area contributed by atoms with Gasteiger partial charge in [0.25, 0.3) is 0 Å². The fourth-order valence-electron chi connectivity index (χ4n) is 10.2. The van der Waals surface area contributed by atoms with Crippen LogP contribution in [0.4, 0.5) is 43.3 Å². The maximum absolute atomic E-state index is 15.3. The average Bonchev–Trinajstić information content (AvgIpc) is 3.83. The summed E-state index contributed by atoms with van der Waals surface area (Å²) in [5.74, 6) is -2.57. The van der Waals surface area contributed by atoms with Gasteiger partial charge in [-0.1, -0.05) is 6.92 Å². The molecule has 0 radical (unpaired) electrons. The molecule has 0 aliphatic carbocycles. The predicted molar refractivity (Wildman–Crippen MR) is 262 cm³/mol. The van der Waals surface area contributed by atoms with Crippen LogP contribution in [0.1, 0.15) is 56.1 Å². The van der Waals surface area contributed by atoms with Crippen LogP contribution >= 0.6 is 23.1 Å². The summed E-state index contributed by atoms with van der Waals surface area (Å²) in [4.78, 5) is 64.6. The molecule has 20 heteroatoms. The highest BCUT2D eigenvalue weighted by Crippen LogP contribution is 2.42. The number of methoxy groups -OCH3 is 1. The van der Waals surface area contributed by atoms with Crippen molar-refractivity contribution in [3.8, 4) is 5.75 Å². The summed E-state index contributed by atoms with van der Waals surface area (Å²) in [7, 11) is -1.15. The molecule has 4 saturated heterocycles. The van der Waals surface area contributed by atoms with Crippen molar-refractivity contribution in [1.82, 2.24) is 35.1 Å².